The number of carbonyl (C=O) groups is 1. The van der Waals surface area contributed by atoms with Crippen LogP contribution in [0.1, 0.15) is 38.5 Å². The number of rotatable bonds is 7. The van der Waals surface area contributed by atoms with Crippen LogP contribution in [0.3, 0.4) is 0 Å². The minimum absolute atomic E-state index is 0. The van der Waals surface area contributed by atoms with Gasteiger partial charge in [0.25, 0.3) is 0 Å². The Balaban J connectivity index is 0.00000256. The summed E-state index contributed by atoms with van der Waals surface area (Å²) in [6.07, 6.45) is 6.44. The monoisotopic (exact) mass is 264 g/mol. The van der Waals surface area contributed by atoms with Crippen molar-refractivity contribution >= 4 is 18.3 Å². The Kier molecular flexibility index (Phi) is 8.56. The molecule has 4 nitrogen and oxygen atoms in total. The highest BCUT2D eigenvalue weighted by atomic mass is 35.5. The van der Waals surface area contributed by atoms with Crippen LogP contribution >= 0.6 is 12.4 Å². The lowest BCUT2D eigenvalue weighted by molar-refractivity contribution is -0.121. The second kappa shape index (κ2) is 8.72. The smallest absolute Gasteiger partial charge is 0.221 e. The summed E-state index contributed by atoms with van der Waals surface area (Å²) in [7, 11) is 1.73. The molecule has 0 atom stereocenters. The van der Waals surface area contributed by atoms with Crippen molar-refractivity contribution in [3.63, 3.8) is 0 Å². The van der Waals surface area contributed by atoms with Gasteiger partial charge < -0.3 is 15.8 Å². The predicted molar refractivity (Wildman–Crippen MR) is 71.3 cm³/mol. The standard InChI is InChI=1S/C12H24N2O2.ClH/c1-16-9-7-12(5-2-3-6-12)10-14-11(15)4-8-13;/h2-10,13H2,1H3,(H,14,15);1H. The lowest BCUT2D eigenvalue weighted by Crippen LogP contribution is -2.37. The van der Waals surface area contributed by atoms with Gasteiger partial charge in [0, 0.05) is 33.2 Å². The maximum Gasteiger partial charge on any atom is 0.221 e. The van der Waals surface area contributed by atoms with Crippen LogP contribution < -0.4 is 11.1 Å². The Morgan fingerprint density at radius 3 is 2.59 bits per heavy atom. The highest BCUT2D eigenvalue weighted by Gasteiger charge is 2.33. The number of halogens is 1. The molecular weight excluding hydrogens is 240 g/mol. The van der Waals surface area contributed by atoms with E-state index < -0.39 is 0 Å². The molecule has 102 valence electrons. The third-order valence-corrected chi connectivity index (χ3v) is 3.53. The van der Waals surface area contributed by atoms with Crippen molar-refractivity contribution < 1.29 is 9.53 Å². The van der Waals surface area contributed by atoms with Gasteiger partial charge in [-0.25, -0.2) is 0 Å². The van der Waals surface area contributed by atoms with Crippen LogP contribution in [-0.2, 0) is 9.53 Å². The third kappa shape index (κ3) is 5.70. The van der Waals surface area contributed by atoms with Crippen LogP contribution in [0.4, 0.5) is 0 Å². The van der Waals surface area contributed by atoms with Crippen molar-refractivity contribution in [2.24, 2.45) is 11.1 Å². The number of nitrogens with two attached hydrogens (primary N) is 1. The van der Waals surface area contributed by atoms with Gasteiger partial charge in [0.1, 0.15) is 0 Å². The summed E-state index contributed by atoms with van der Waals surface area (Å²) < 4.78 is 5.15. The Hall–Kier alpha value is -0.320. The average molecular weight is 265 g/mol. The summed E-state index contributed by atoms with van der Waals surface area (Å²) in [5, 5.41) is 3.00. The van der Waals surface area contributed by atoms with E-state index in [9.17, 15) is 4.79 Å². The lowest BCUT2D eigenvalue weighted by atomic mass is 9.83. The van der Waals surface area contributed by atoms with Gasteiger partial charge in [-0.15, -0.1) is 12.4 Å². The molecule has 0 aromatic carbocycles. The quantitative estimate of drug-likeness (QED) is 0.732. The molecule has 1 amide bonds. The number of methoxy groups -OCH3 is 1. The Morgan fingerprint density at radius 2 is 2.06 bits per heavy atom. The van der Waals surface area contributed by atoms with Crippen LogP contribution in [0.5, 0.6) is 0 Å². The largest absolute Gasteiger partial charge is 0.385 e. The molecule has 1 saturated carbocycles. The van der Waals surface area contributed by atoms with Crippen LogP contribution in [-0.4, -0.2) is 32.7 Å². The summed E-state index contributed by atoms with van der Waals surface area (Å²) in [6.45, 7) is 2.00. The van der Waals surface area contributed by atoms with Gasteiger partial charge in [-0.3, -0.25) is 4.79 Å². The number of ether oxygens (including phenoxy) is 1. The molecule has 1 aliphatic carbocycles. The van der Waals surface area contributed by atoms with E-state index in [1.165, 1.54) is 25.7 Å². The minimum Gasteiger partial charge on any atom is -0.385 e. The first-order chi connectivity index (χ1) is 7.72. The summed E-state index contributed by atoms with van der Waals surface area (Å²) in [6, 6.07) is 0. The van der Waals surface area contributed by atoms with Crippen LogP contribution in [0, 0.1) is 5.41 Å². The maximum atomic E-state index is 11.4. The Labute approximate surface area is 110 Å². The number of amides is 1. The minimum atomic E-state index is 0. The zero-order chi connectivity index (χ0) is 11.9. The number of hydrogen-bond acceptors (Lipinski definition) is 3. The zero-order valence-corrected chi connectivity index (χ0v) is 11.5. The fourth-order valence-corrected chi connectivity index (χ4v) is 2.46. The molecule has 17 heavy (non-hydrogen) atoms. The molecule has 3 N–H and O–H groups in total. The molecule has 0 aromatic heterocycles. The molecular formula is C12H25ClN2O2. The van der Waals surface area contributed by atoms with Crippen molar-refractivity contribution in [3.05, 3.63) is 0 Å². The average Bonchev–Trinajstić information content (AvgIpc) is 2.74. The fourth-order valence-electron chi connectivity index (χ4n) is 2.46. The van der Waals surface area contributed by atoms with Gasteiger partial charge in [0.05, 0.1) is 0 Å². The maximum absolute atomic E-state index is 11.4. The normalized spacial score (nSPS) is 17.5. The van der Waals surface area contributed by atoms with Gasteiger partial charge in [-0.2, -0.15) is 0 Å². The lowest BCUT2D eigenvalue weighted by Gasteiger charge is -2.29. The predicted octanol–water partition coefficient (Wildman–Crippen LogP) is 1.47. The zero-order valence-electron chi connectivity index (χ0n) is 10.7. The van der Waals surface area contributed by atoms with Crippen molar-refractivity contribution in [3.8, 4) is 0 Å². The first-order valence-corrected chi connectivity index (χ1v) is 6.18. The number of hydrogen-bond donors (Lipinski definition) is 2. The second-order valence-electron chi connectivity index (χ2n) is 4.77. The van der Waals surface area contributed by atoms with Gasteiger partial charge in [-0.1, -0.05) is 12.8 Å². The molecule has 1 aliphatic rings. The van der Waals surface area contributed by atoms with Crippen LogP contribution in [0.2, 0.25) is 0 Å². The van der Waals surface area contributed by atoms with E-state index in [1.807, 2.05) is 0 Å². The molecule has 1 rings (SSSR count). The summed E-state index contributed by atoms with van der Waals surface area (Å²) in [5.41, 5.74) is 5.62. The topological polar surface area (TPSA) is 64.3 Å². The van der Waals surface area contributed by atoms with Crippen molar-refractivity contribution in [2.75, 3.05) is 26.8 Å². The SMILES string of the molecule is COCCC1(CNC(=O)CCN)CCCC1.Cl. The first kappa shape index (κ1) is 16.7. The number of nitrogens with one attached hydrogen (secondary N) is 1. The Morgan fingerprint density at radius 1 is 1.41 bits per heavy atom. The highest BCUT2D eigenvalue weighted by molar-refractivity contribution is 5.85. The molecule has 0 radical (unpaired) electrons. The molecule has 0 aromatic rings. The molecule has 0 saturated heterocycles. The molecule has 0 bridgehead atoms. The number of carbonyl (C=O) groups excluding carboxylic acids is 1. The molecule has 5 heteroatoms. The summed E-state index contributed by atoms with van der Waals surface area (Å²) >= 11 is 0. The van der Waals surface area contributed by atoms with Gasteiger partial charge in [-0.05, 0) is 24.7 Å². The van der Waals surface area contributed by atoms with E-state index >= 15 is 0 Å². The molecule has 0 heterocycles. The van der Waals surface area contributed by atoms with E-state index in [4.69, 9.17) is 10.5 Å². The van der Waals surface area contributed by atoms with E-state index in [0.29, 0.717) is 13.0 Å². The van der Waals surface area contributed by atoms with Gasteiger partial charge in [0.2, 0.25) is 5.91 Å². The third-order valence-electron chi connectivity index (χ3n) is 3.53. The van der Waals surface area contributed by atoms with Crippen LogP contribution in [0.25, 0.3) is 0 Å². The summed E-state index contributed by atoms with van der Waals surface area (Å²) in [4.78, 5) is 11.4. The fraction of sp³-hybridized carbons (Fsp3) is 0.917. The molecule has 0 spiro atoms. The highest BCUT2D eigenvalue weighted by Crippen LogP contribution is 2.40. The van der Waals surface area contributed by atoms with Gasteiger partial charge in [0.15, 0.2) is 0 Å². The summed E-state index contributed by atoms with van der Waals surface area (Å²) in [5.74, 6) is 0.0752. The van der Waals surface area contributed by atoms with Crippen molar-refractivity contribution in [1.82, 2.24) is 5.32 Å². The van der Waals surface area contributed by atoms with E-state index in [2.05, 4.69) is 5.32 Å². The van der Waals surface area contributed by atoms with E-state index in [-0.39, 0.29) is 23.7 Å². The second-order valence-corrected chi connectivity index (χ2v) is 4.77. The van der Waals surface area contributed by atoms with E-state index in [0.717, 1.165) is 19.6 Å². The molecule has 1 fully saturated rings. The van der Waals surface area contributed by atoms with Crippen LogP contribution in [0.15, 0.2) is 0 Å². The van der Waals surface area contributed by atoms with Crippen molar-refractivity contribution in [2.45, 2.75) is 38.5 Å². The molecule has 0 aliphatic heterocycles. The Bertz CT molecular complexity index is 219. The first-order valence-electron chi connectivity index (χ1n) is 6.18. The molecule has 0 unspecified atom stereocenters. The van der Waals surface area contributed by atoms with Gasteiger partial charge >= 0.3 is 0 Å². The van der Waals surface area contributed by atoms with E-state index in [1.54, 1.807) is 7.11 Å². The van der Waals surface area contributed by atoms with Crippen molar-refractivity contribution in [1.29, 1.82) is 0 Å².